The van der Waals surface area contributed by atoms with Crippen molar-refractivity contribution in [3.05, 3.63) is 60.2 Å². The predicted octanol–water partition coefficient (Wildman–Crippen LogP) is 6.12. The first kappa shape index (κ1) is 17.7. The molecule has 3 rings (SSSR count). The average Bonchev–Trinajstić information content (AvgIpc) is 2.62. The largest absolute Gasteiger partial charge is 0.459 e. The summed E-state index contributed by atoms with van der Waals surface area (Å²) in [5.74, 6) is 0.429. The lowest BCUT2D eigenvalue weighted by molar-refractivity contribution is 0.00299. The fourth-order valence-electron chi connectivity index (χ4n) is 3.69. The van der Waals surface area contributed by atoms with Gasteiger partial charge >= 0.3 is 5.97 Å². The molecule has 2 aromatic carbocycles. The first-order valence-electron chi connectivity index (χ1n) is 9.30. The maximum Gasteiger partial charge on any atom is 0.338 e. The summed E-state index contributed by atoms with van der Waals surface area (Å²) < 4.78 is 5.81. The van der Waals surface area contributed by atoms with Crippen LogP contribution in [0.1, 0.15) is 56.8 Å². The van der Waals surface area contributed by atoms with Crippen molar-refractivity contribution >= 4 is 5.97 Å². The molecule has 2 nitrogen and oxygen atoms in total. The van der Waals surface area contributed by atoms with E-state index in [1.165, 1.54) is 6.42 Å². The van der Waals surface area contributed by atoms with Crippen LogP contribution >= 0.6 is 0 Å². The molecule has 1 aliphatic rings. The van der Waals surface area contributed by atoms with Crippen LogP contribution in [0.2, 0.25) is 0 Å². The number of esters is 1. The highest BCUT2D eigenvalue weighted by molar-refractivity contribution is 5.90. The van der Waals surface area contributed by atoms with Crippen LogP contribution in [0.4, 0.5) is 0 Å². The van der Waals surface area contributed by atoms with Gasteiger partial charge in [-0.3, -0.25) is 0 Å². The summed E-state index contributed by atoms with van der Waals surface area (Å²) in [7, 11) is 0. The maximum atomic E-state index is 12.5. The molecule has 25 heavy (non-hydrogen) atoms. The fraction of sp³-hybridized carbons (Fsp3) is 0.435. The van der Waals surface area contributed by atoms with E-state index in [1.54, 1.807) is 0 Å². The Hall–Kier alpha value is -2.09. The number of benzene rings is 2. The number of carbonyl (C=O) groups is 1. The van der Waals surface area contributed by atoms with Crippen molar-refractivity contribution in [2.24, 2.45) is 11.3 Å². The van der Waals surface area contributed by atoms with Gasteiger partial charge in [0.1, 0.15) is 6.10 Å². The normalized spacial score (nSPS) is 20.9. The van der Waals surface area contributed by atoms with Crippen LogP contribution in [0.15, 0.2) is 54.6 Å². The van der Waals surface area contributed by atoms with Gasteiger partial charge in [0.05, 0.1) is 5.56 Å². The molecule has 0 N–H and O–H groups in total. The van der Waals surface area contributed by atoms with E-state index in [1.807, 2.05) is 42.5 Å². The summed E-state index contributed by atoms with van der Waals surface area (Å²) >= 11 is 0. The Morgan fingerprint density at radius 2 is 1.56 bits per heavy atom. The molecule has 0 amide bonds. The Bertz CT molecular complexity index is 695. The molecule has 0 unspecified atom stereocenters. The van der Waals surface area contributed by atoms with Gasteiger partial charge in [-0.15, -0.1) is 0 Å². The SMILES string of the molecule is CC(C)(C)[C@H]1CCC[C@H](OC(=O)c2ccc(-c3ccccc3)cc2)C1. The second-order valence-electron chi connectivity index (χ2n) is 8.20. The van der Waals surface area contributed by atoms with Gasteiger partial charge in [0.15, 0.2) is 0 Å². The number of hydrogen-bond donors (Lipinski definition) is 0. The van der Waals surface area contributed by atoms with Gasteiger partial charge in [0.25, 0.3) is 0 Å². The molecule has 0 bridgehead atoms. The summed E-state index contributed by atoms with van der Waals surface area (Å²) in [5, 5.41) is 0. The zero-order chi connectivity index (χ0) is 17.9. The van der Waals surface area contributed by atoms with Crippen molar-refractivity contribution in [3.63, 3.8) is 0 Å². The molecule has 1 saturated carbocycles. The van der Waals surface area contributed by atoms with Crippen molar-refractivity contribution < 1.29 is 9.53 Å². The van der Waals surface area contributed by atoms with Crippen LogP contribution in [0.3, 0.4) is 0 Å². The molecule has 2 heteroatoms. The van der Waals surface area contributed by atoms with Gasteiger partial charge in [-0.25, -0.2) is 4.79 Å². The van der Waals surface area contributed by atoms with E-state index in [4.69, 9.17) is 4.74 Å². The Kier molecular flexibility index (Phi) is 5.27. The minimum atomic E-state index is -0.195. The molecule has 2 atom stereocenters. The van der Waals surface area contributed by atoms with Crippen LogP contribution in [-0.2, 0) is 4.74 Å². The van der Waals surface area contributed by atoms with E-state index >= 15 is 0 Å². The Morgan fingerprint density at radius 3 is 2.20 bits per heavy atom. The molecule has 0 aliphatic heterocycles. The van der Waals surface area contributed by atoms with Crippen LogP contribution in [0.5, 0.6) is 0 Å². The van der Waals surface area contributed by atoms with Crippen molar-refractivity contribution in [2.45, 2.75) is 52.6 Å². The van der Waals surface area contributed by atoms with Gasteiger partial charge in [-0.2, -0.15) is 0 Å². The van der Waals surface area contributed by atoms with Crippen molar-refractivity contribution in [1.29, 1.82) is 0 Å². The molecule has 132 valence electrons. The van der Waals surface area contributed by atoms with Crippen LogP contribution < -0.4 is 0 Å². The van der Waals surface area contributed by atoms with Crippen LogP contribution in [-0.4, -0.2) is 12.1 Å². The van der Waals surface area contributed by atoms with Gasteiger partial charge in [-0.05, 0) is 60.3 Å². The van der Waals surface area contributed by atoms with Gasteiger partial charge < -0.3 is 4.74 Å². The molecule has 0 radical (unpaired) electrons. The monoisotopic (exact) mass is 336 g/mol. The quantitative estimate of drug-likeness (QED) is 0.632. The maximum absolute atomic E-state index is 12.5. The number of ether oxygens (including phenoxy) is 1. The Balaban J connectivity index is 1.63. The average molecular weight is 336 g/mol. The third kappa shape index (κ3) is 4.50. The lowest BCUT2D eigenvalue weighted by Gasteiger charge is -2.37. The molecule has 0 saturated heterocycles. The third-order valence-electron chi connectivity index (χ3n) is 5.35. The first-order chi connectivity index (χ1) is 11.9. The lowest BCUT2D eigenvalue weighted by atomic mass is 9.71. The van der Waals surface area contributed by atoms with Gasteiger partial charge in [0.2, 0.25) is 0 Å². The fourth-order valence-corrected chi connectivity index (χ4v) is 3.69. The summed E-state index contributed by atoms with van der Waals surface area (Å²) in [4.78, 5) is 12.5. The summed E-state index contributed by atoms with van der Waals surface area (Å²) in [6, 6.07) is 17.9. The minimum absolute atomic E-state index is 0.0549. The zero-order valence-corrected chi connectivity index (χ0v) is 15.5. The van der Waals surface area contributed by atoms with Crippen molar-refractivity contribution in [2.75, 3.05) is 0 Å². The van der Waals surface area contributed by atoms with E-state index in [0.717, 1.165) is 30.4 Å². The van der Waals surface area contributed by atoms with E-state index in [9.17, 15) is 4.79 Å². The Labute approximate surface area is 151 Å². The van der Waals surface area contributed by atoms with E-state index in [2.05, 4.69) is 32.9 Å². The minimum Gasteiger partial charge on any atom is -0.459 e. The third-order valence-corrected chi connectivity index (χ3v) is 5.35. The van der Waals surface area contributed by atoms with E-state index in [0.29, 0.717) is 11.5 Å². The second-order valence-corrected chi connectivity index (χ2v) is 8.20. The van der Waals surface area contributed by atoms with E-state index in [-0.39, 0.29) is 17.5 Å². The summed E-state index contributed by atoms with van der Waals surface area (Å²) in [6.07, 6.45) is 4.41. The highest BCUT2D eigenvalue weighted by atomic mass is 16.5. The Morgan fingerprint density at radius 1 is 0.920 bits per heavy atom. The molecular weight excluding hydrogens is 308 g/mol. The topological polar surface area (TPSA) is 26.3 Å². The second kappa shape index (κ2) is 7.43. The molecule has 0 heterocycles. The highest BCUT2D eigenvalue weighted by Crippen LogP contribution is 2.38. The van der Waals surface area contributed by atoms with Crippen LogP contribution in [0, 0.1) is 11.3 Å². The van der Waals surface area contributed by atoms with Crippen molar-refractivity contribution in [3.8, 4) is 11.1 Å². The number of rotatable bonds is 3. The van der Waals surface area contributed by atoms with E-state index < -0.39 is 0 Å². The molecule has 1 fully saturated rings. The van der Waals surface area contributed by atoms with Crippen LogP contribution in [0.25, 0.3) is 11.1 Å². The molecular formula is C23H28O2. The molecule has 0 spiro atoms. The summed E-state index contributed by atoms with van der Waals surface area (Å²) in [5.41, 5.74) is 3.19. The number of carbonyl (C=O) groups excluding carboxylic acids is 1. The number of hydrogen-bond acceptors (Lipinski definition) is 2. The standard InChI is InChI=1S/C23H28O2/c1-23(2,3)20-10-7-11-21(16-20)25-22(24)19-14-12-18(13-15-19)17-8-5-4-6-9-17/h4-6,8-9,12-15,20-21H,7,10-11,16H2,1-3H3/t20-,21-/m0/s1. The van der Waals surface area contributed by atoms with Crippen molar-refractivity contribution in [1.82, 2.24) is 0 Å². The zero-order valence-electron chi connectivity index (χ0n) is 15.5. The molecule has 0 aromatic heterocycles. The smallest absolute Gasteiger partial charge is 0.338 e. The summed E-state index contributed by atoms with van der Waals surface area (Å²) in [6.45, 7) is 6.85. The molecule has 1 aliphatic carbocycles. The van der Waals surface area contributed by atoms with Gasteiger partial charge in [0, 0.05) is 0 Å². The van der Waals surface area contributed by atoms with Gasteiger partial charge in [-0.1, -0.05) is 63.2 Å². The predicted molar refractivity (Wildman–Crippen MR) is 102 cm³/mol. The molecule has 2 aromatic rings. The highest BCUT2D eigenvalue weighted by Gasteiger charge is 2.32. The first-order valence-corrected chi connectivity index (χ1v) is 9.30. The lowest BCUT2D eigenvalue weighted by Crippen LogP contribution is -2.32.